The van der Waals surface area contributed by atoms with Gasteiger partial charge in [-0.1, -0.05) is 11.6 Å². The zero-order valence-electron chi connectivity index (χ0n) is 10.2. The van der Waals surface area contributed by atoms with Gasteiger partial charge in [-0.25, -0.2) is 4.98 Å². The molecule has 0 fully saturated rings. The van der Waals surface area contributed by atoms with Crippen molar-refractivity contribution in [3.05, 3.63) is 52.5 Å². The summed E-state index contributed by atoms with van der Waals surface area (Å²) in [6.45, 7) is 1.96. The minimum absolute atomic E-state index is 0.620. The summed E-state index contributed by atoms with van der Waals surface area (Å²) in [5, 5.41) is 9.63. The molecular formula is C15H10ClN3. The van der Waals surface area contributed by atoms with Crippen molar-refractivity contribution >= 4 is 22.6 Å². The SMILES string of the molecule is Cc1cc(-c2nc3ccc(C#N)cc3[nH]2)ccc1Cl. The minimum Gasteiger partial charge on any atom is -0.338 e. The number of aromatic nitrogens is 2. The molecule has 0 amide bonds. The van der Waals surface area contributed by atoms with Gasteiger partial charge in [-0.15, -0.1) is 0 Å². The second-order valence-electron chi connectivity index (χ2n) is 4.39. The van der Waals surface area contributed by atoms with Crippen molar-refractivity contribution in [1.29, 1.82) is 5.26 Å². The van der Waals surface area contributed by atoms with E-state index in [1.165, 1.54) is 0 Å². The summed E-state index contributed by atoms with van der Waals surface area (Å²) in [7, 11) is 0. The van der Waals surface area contributed by atoms with Crippen LogP contribution in [0.25, 0.3) is 22.4 Å². The van der Waals surface area contributed by atoms with E-state index in [0.717, 1.165) is 33.0 Å². The number of rotatable bonds is 1. The van der Waals surface area contributed by atoms with Crippen LogP contribution in [0.3, 0.4) is 0 Å². The highest BCUT2D eigenvalue weighted by Crippen LogP contribution is 2.25. The van der Waals surface area contributed by atoms with Crippen molar-refractivity contribution in [2.75, 3.05) is 0 Å². The maximum absolute atomic E-state index is 8.89. The number of aromatic amines is 1. The van der Waals surface area contributed by atoms with E-state index in [9.17, 15) is 0 Å². The maximum Gasteiger partial charge on any atom is 0.138 e. The van der Waals surface area contributed by atoms with Crippen LogP contribution in [0.4, 0.5) is 0 Å². The Bertz CT molecular complexity index is 812. The number of hydrogen-bond acceptors (Lipinski definition) is 2. The van der Waals surface area contributed by atoms with Gasteiger partial charge in [0.05, 0.1) is 22.7 Å². The van der Waals surface area contributed by atoms with Gasteiger partial charge in [0.2, 0.25) is 0 Å². The molecule has 3 aromatic rings. The van der Waals surface area contributed by atoms with E-state index in [0.29, 0.717) is 5.56 Å². The predicted molar refractivity (Wildman–Crippen MR) is 76.0 cm³/mol. The molecule has 3 nitrogen and oxygen atoms in total. The van der Waals surface area contributed by atoms with Gasteiger partial charge in [0.15, 0.2) is 0 Å². The normalized spacial score (nSPS) is 10.6. The van der Waals surface area contributed by atoms with Crippen molar-refractivity contribution < 1.29 is 0 Å². The highest BCUT2D eigenvalue weighted by Gasteiger charge is 2.07. The third-order valence-corrected chi connectivity index (χ3v) is 3.47. The lowest BCUT2D eigenvalue weighted by molar-refractivity contribution is 1.32. The molecule has 0 saturated carbocycles. The number of imidazole rings is 1. The topological polar surface area (TPSA) is 52.5 Å². The van der Waals surface area contributed by atoms with Crippen LogP contribution in [-0.4, -0.2) is 9.97 Å². The average Bonchev–Trinajstić information content (AvgIpc) is 2.84. The Hall–Kier alpha value is -2.31. The zero-order chi connectivity index (χ0) is 13.4. The molecule has 1 N–H and O–H groups in total. The van der Waals surface area contributed by atoms with E-state index >= 15 is 0 Å². The molecule has 92 valence electrons. The molecule has 3 rings (SSSR count). The Kier molecular flexibility index (Phi) is 2.73. The number of hydrogen-bond donors (Lipinski definition) is 1. The Balaban J connectivity index is 2.15. The molecule has 0 aliphatic carbocycles. The van der Waals surface area contributed by atoms with Gasteiger partial charge in [-0.05, 0) is 48.9 Å². The zero-order valence-corrected chi connectivity index (χ0v) is 11.0. The quantitative estimate of drug-likeness (QED) is 0.723. The van der Waals surface area contributed by atoms with E-state index in [2.05, 4.69) is 16.0 Å². The Morgan fingerprint density at radius 3 is 2.79 bits per heavy atom. The third-order valence-electron chi connectivity index (χ3n) is 3.04. The molecule has 0 spiro atoms. The second kappa shape index (κ2) is 4.42. The number of nitrogens with one attached hydrogen (secondary N) is 1. The fraction of sp³-hybridized carbons (Fsp3) is 0.0667. The Morgan fingerprint density at radius 2 is 2.05 bits per heavy atom. The third kappa shape index (κ3) is 2.07. The van der Waals surface area contributed by atoms with Gasteiger partial charge in [-0.3, -0.25) is 0 Å². The standard InChI is InChI=1S/C15H10ClN3/c1-9-6-11(3-4-12(9)16)15-18-13-5-2-10(8-17)7-14(13)19-15/h2-7H,1H3,(H,18,19). The van der Waals surface area contributed by atoms with Crippen LogP contribution >= 0.6 is 11.6 Å². The summed E-state index contributed by atoms with van der Waals surface area (Å²) in [5.41, 5.74) is 4.33. The fourth-order valence-electron chi connectivity index (χ4n) is 2.01. The first-order valence-electron chi connectivity index (χ1n) is 5.84. The minimum atomic E-state index is 0.620. The van der Waals surface area contributed by atoms with Crippen LogP contribution < -0.4 is 0 Å². The van der Waals surface area contributed by atoms with Crippen LogP contribution in [0, 0.1) is 18.3 Å². The number of aryl methyl sites for hydroxylation is 1. The molecule has 0 bridgehead atoms. The molecule has 1 aromatic heterocycles. The second-order valence-corrected chi connectivity index (χ2v) is 4.80. The monoisotopic (exact) mass is 267 g/mol. The van der Waals surface area contributed by atoms with Crippen molar-refractivity contribution in [2.45, 2.75) is 6.92 Å². The highest BCUT2D eigenvalue weighted by atomic mass is 35.5. The Labute approximate surface area is 115 Å². The van der Waals surface area contributed by atoms with Crippen molar-refractivity contribution in [1.82, 2.24) is 9.97 Å². The molecule has 0 saturated heterocycles. The lowest BCUT2D eigenvalue weighted by Crippen LogP contribution is -1.82. The first-order chi connectivity index (χ1) is 9.17. The van der Waals surface area contributed by atoms with Gasteiger partial charge in [-0.2, -0.15) is 5.26 Å². The fourth-order valence-corrected chi connectivity index (χ4v) is 2.13. The summed E-state index contributed by atoms with van der Waals surface area (Å²) in [4.78, 5) is 7.75. The Morgan fingerprint density at radius 1 is 1.21 bits per heavy atom. The van der Waals surface area contributed by atoms with E-state index in [1.54, 1.807) is 12.1 Å². The molecule has 19 heavy (non-hydrogen) atoms. The molecule has 0 aliphatic heterocycles. The first-order valence-corrected chi connectivity index (χ1v) is 6.21. The summed E-state index contributed by atoms with van der Waals surface area (Å²) >= 11 is 6.02. The predicted octanol–water partition coefficient (Wildman–Crippen LogP) is 4.06. The smallest absolute Gasteiger partial charge is 0.138 e. The summed E-state index contributed by atoms with van der Waals surface area (Å²) in [6, 6.07) is 13.3. The van der Waals surface area contributed by atoms with E-state index in [4.69, 9.17) is 16.9 Å². The van der Waals surface area contributed by atoms with Crippen LogP contribution in [0.15, 0.2) is 36.4 Å². The average molecular weight is 268 g/mol. The largest absolute Gasteiger partial charge is 0.338 e. The molecular weight excluding hydrogens is 258 g/mol. The van der Waals surface area contributed by atoms with E-state index in [-0.39, 0.29) is 0 Å². The molecule has 0 unspecified atom stereocenters. The van der Waals surface area contributed by atoms with Crippen molar-refractivity contribution in [2.24, 2.45) is 0 Å². The molecule has 2 aromatic carbocycles. The summed E-state index contributed by atoms with van der Waals surface area (Å²) in [5.74, 6) is 0.782. The lowest BCUT2D eigenvalue weighted by Gasteiger charge is -2.00. The molecule has 0 radical (unpaired) electrons. The summed E-state index contributed by atoms with van der Waals surface area (Å²) < 4.78 is 0. The number of nitrogens with zero attached hydrogens (tertiary/aromatic N) is 2. The van der Waals surface area contributed by atoms with Crippen LogP contribution in [0.2, 0.25) is 5.02 Å². The summed E-state index contributed by atoms with van der Waals surface area (Å²) in [6.07, 6.45) is 0. The van der Waals surface area contributed by atoms with E-state index < -0.39 is 0 Å². The first kappa shape index (κ1) is 11.8. The highest BCUT2D eigenvalue weighted by molar-refractivity contribution is 6.31. The van der Waals surface area contributed by atoms with E-state index in [1.807, 2.05) is 31.2 Å². The maximum atomic E-state index is 8.89. The number of fused-ring (bicyclic) bond motifs is 1. The van der Waals surface area contributed by atoms with Gasteiger partial charge in [0.25, 0.3) is 0 Å². The molecule has 1 heterocycles. The van der Waals surface area contributed by atoms with Crippen LogP contribution in [-0.2, 0) is 0 Å². The van der Waals surface area contributed by atoms with Crippen LogP contribution in [0.1, 0.15) is 11.1 Å². The number of benzene rings is 2. The molecule has 0 aliphatic rings. The van der Waals surface area contributed by atoms with Crippen molar-refractivity contribution in [3.8, 4) is 17.5 Å². The van der Waals surface area contributed by atoms with Crippen LogP contribution in [0.5, 0.6) is 0 Å². The van der Waals surface area contributed by atoms with Gasteiger partial charge >= 0.3 is 0 Å². The molecule has 0 atom stereocenters. The van der Waals surface area contributed by atoms with Gasteiger partial charge < -0.3 is 4.98 Å². The van der Waals surface area contributed by atoms with Gasteiger partial charge in [0.1, 0.15) is 5.82 Å². The number of halogens is 1. The lowest BCUT2D eigenvalue weighted by atomic mass is 10.1. The number of nitriles is 1. The van der Waals surface area contributed by atoms with Crippen molar-refractivity contribution in [3.63, 3.8) is 0 Å². The molecule has 4 heteroatoms. The van der Waals surface area contributed by atoms with Gasteiger partial charge in [0, 0.05) is 10.6 Å². The number of H-pyrrole nitrogens is 1.